The number of nitrogens with zero attached hydrogens (tertiary/aromatic N) is 4. The Bertz CT molecular complexity index is 875. The van der Waals surface area contributed by atoms with Crippen molar-refractivity contribution in [2.24, 2.45) is 7.05 Å². The third-order valence-electron chi connectivity index (χ3n) is 5.59. The van der Waals surface area contributed by atoms with Gasteiger partial charge in [0.25, 0.3) is 5.91 Å². The number of amides is 2. The standard InChI is InChI=1S/C20H24FN5O2/c1-24-13-14(12-22-24)19(27)23-15-6-9-25(10-7-15)18-8-11-26(20(18)28)17-5-3-2-4-16(17)21/h2-5,12-13,15,18H,6-11H2,1H3,(H,23,27). The van der Waals surface area contributed by atoms with Crippen LogP contribution in [0.2, 0.25) is 0 Å². The van der Waals surface area contributed by atoms with Crippen LogP contribution in [0.5, 0.6) is 0 Å². The minimum Gasteiger partial charge on any atom is -0.349 e. The van der Waals surface area contributed by atoms with Gasteiger partial charge in [-0.2, -0.15) is 5.10 Å². The second-order valence-corrected chi connectivity index (χ2v) is 7.43. The van der Waals surface area contributed by atoms with Gasteiger partial charge < -0.3 is 10.2 Å². The molecular weight excluding hydrogens is 361 g/mol. The molecule has 7 nitrogen and oxygen atoms in total. The van der Waals surface area contributed by atoms with Crippen LogP contribution in [0.25, 0.3) is 0 Å². The SMILES string of the molecule is Cn1cc(C(=O)NC2CCN(C3CCN(c4ccccc4F)C3=O)CC2)cn1. The summed E-state index contributed by atoms with van der Waals surface area (Å²) >= 11 is 0. The van der Waals surface area contributed by atoms with Gasteiger partial charge in [-0.1, -0.05) is 12.1 Å². The number of hydrogen-bond acceptors (Lipinski definition) is 4. The van der Waals surface area contributed by atoms with Crippen LogP contribution >= 0.6 is 0 Å². The van der Waals surface area contributed by atoms with Gasteiger partial charge in [0.1, 0.15) is 5.82 Å². The summed E-state index contributed by atoms with van der Waals surface area (Å²) in [5.41, 5.74) is 0.907. The highest BCUT2D eigenvalue weighted by Crippen LogP contribution is 2.28. The zero-order chi connectivity index (χ0) is 19.7. The second-order valence-electron chi connectivity index (χ2n) is 7.43. The number of nitrogens with one attached hydrogen (secondary N) is 1. The van der Waals surface area contributed by atoms with E-state index in [-0.39, 0.29) is 29.7 Å². The Morgan fingerprint density at radius 1 is 1.18 bits per heavy atom. The predicted molar refractivity (Wildman–Crippen MR) is 102 cm³/mol. The van der Waals surface area contributed by atoms with Crippen molar-refractivity contribution in [3.05, 3.63) is 48.0 Å². The smallest absolute Gasteiger partial charge is 0.254 e. The highest BCUT2D eigenvalue weighted by atomic mass is 19.1. The number of halogens is 1. The quantitative estimate of drug-likeness (QED) is 0.867. The van der Waals surface area contributed by atoms with Gasteiger partial charge in [0.05, 0.1) is 23.5 Å². The van der Waals surface area contributed by atoms with E-state index in [2.05, 4.69) is 15.3 Å². The lowest BCUT2D eigenvalue weighted by Crippen LogP contribution is -2.50. The van der Waals surface area contributed by atoms with Crippen LogP contribution in [0, 0.1) is 5.82 Å². The normalized spacial score (nSPS) is 21.3. The molecule has 2 aliphatic heterocycles. The van der Waals surface area contributed by atoms with Crippen molar-refractivity contribution in [3.63, 3.8) is 0 Å². The van der Waals surface area contributed by atoms with Crippen molar-refractivity contribution >= 4 is 17.5 Å². The molecule has 1 N–H and O–H groups in total. The Morgan fingerprint density at radius 3 is 2.61 bits per heavy atom. The summed E-state index contributed by atoms with van der Waals surface area (Å²) in [6, 6.07) is 6.27. The highest BCUT2D eigenvalue weighted by Gasteiger charge is 2.38. The molecule has 3 heterocycles. The molecule has 0 aliphatic carbocycles. The molecule has 2 amide bonds. The van der Waals surface area contributed by atoms with Gasteiger partial charge in [-0.15, -0.1) is 0 Å². The number of hydrogen-bond donors (Lipinski definition) is 1. The predicted octanol–water partition coefficient (Wildman–Crippen LogP) is 1.56. The monoisotopic (exact) mass is 385 g/mol. The molecule has 1 atom stereocenters. The summed E-state index contributed by atoms with van der Waals surface area (Å²) < 4.78 is 15.6. The summed E-state index contributed by atoms with van der Waals surface area (Å²) in [5, 5.41) is 7.07. The number of aryl methyl sites for hydroxylation is 1. The first-order chi connectivity index (χ1) is 13.5. The summed E-state index contributed by atoms with van der Waals surface area (Å²) in [5.74, 6) is -0.523. The van der Waals surface area contributed by atoms with Gasteiger partial charge in [0.15, 0.2) is 0 Å². The molecule has 1 unspecified atom stereocenters. The van der Waals surface area contributed by atoms with E-state index >= 15 is 0 Å². The van der Waals surface area contributed by atoms with Gasteiger partial charge in [-0.25, -0.2) is 4.39 Å². The van der Waals surface area contributed by atoms with Crippen LogP contribution in [-0.4, -0.2) is 58.2 Å². The molecular formula is C20H24FN5O2. The van der Waals surface area contributed by atoms with E-state index in [1.54, 1.807) is 47.2 Å². The van der Waals surface area contributed by atoms with Crippen LogP contribution in [0.1, 0.15) is 29.6 Å². The first-order valence-electron chi connectivity index (χ1n) is 9.62. The minimum atomic E-state index is -0.367. The molecule has 2 aromatic rings. The van der Waals surface area contributed by atoms with E-state index in [1.165, 1.54) is 6.07 Å². The van der Waals surface area contributed by atoms with Crippen molar-refractivity contribution in [2.75, 3.05) is 24.5 Å². The Morgan fingerprint density at radius 2 is 1.93 bits per heavy atom. The lowest BCUT2D eigenvalue weighted by atomic mass is 10.0. The summed E-state index contributed by atoms with van der Waals surface area (Å²) in [6.45, 7) is 2.00. The van der Waals surface area contributed by atoms with E-state index in [4.69, 9.17) is 0 Å². The van der Waals surface area contributed by atoms with Crippen LogP contribution in [0.4, 0.5) is 10.1 Å². The third-order valence-corrected chi connectivity index (χ3v) is 5.59. The molecule has 0 saturated carbocycles. The minimum absolute atomic E-state index is 0.0389. The molecule has 2 aliphatic rings. The molecule has 8 heteroatoms. The molecule has 28 heavy (non-hydrogen) atoms. The van der Waals surface area contributed by atoms with Crippen LogP contribution in [0.15, 0.2) is 36.7 Å². The molecule has 1 aromatic carbocycles. The van der Waals surface area contributed by atoms with E-state index in [0.29, 0.717) is 24.2 Å². The van der Waals surface area contributed by atoms with Crippen LogP contribution in [0.3, 0.4) is 0 Å². The molecule has 0 spiro atoms. The van der Waals surface area contributed by atoms with Gasteiger partial charge >= 0.3 is 0 Å². The number of carbonyl (C=O) groups is 2. The maximum absolute atomic E-state index is 14.0. The number of anilines is 1. The largest absolute Gasteiger partial charge is 0.349 e. The average molecular weight is 385 g/mol. The maximum atomic E-state index is 14.0. The average Bonchev–Trinajstić information content (AvgIpc) is 3.29. The number of carbonyl (C=O) groups excluding carboxylic acids is 2. The summed E-state index contributed by atoms with van der Waals surface area (Å²) in [4.78, 5) is 28.8. The molecule has 0 radical (unpaired) electrons. The number of benzene rings is 1. The molecule has 4 rings (SSSR count). The number of piperidine rings is 1. The fourth-order valence-electron chi connectivity index (χ4n) is 4.08. The lowest BCUT2D eigenvalue weighted by molar-refractivity contribution is -0.122. The van der Waals surface area contributed by atoms with E-state index in [9.17, 15) is 14.0 Å². The Balaban J connectivity index is 1.32. The second kappa shape index (κ2) is 7.71. The zero-order valence-electron chi connectivity index (χ0n) is 15.8. The lowest BCUT2D eigenvalue weighted by Gasteiger charge is -2.35. The van der Waals surface area contributed by atoms with E-state index in [1.807, 2.05) is 0 Å². The third kappa shape index (κ3) is 3.64. The molecule has 1 aromatic heterocycles. The van der Waals surface area contributed by atoms with Crippen molar-refractivity contribution in [1.82, 2.24) is 20.0 Å². The van der Waals surface area contributed by atoms with Crippen molar-refractivity contribution in [2.45, 2.75) is 31.3 Å². The number of rotatable bonds is 4. The topological polar surface area (TPSA) is 70.5 Å². The maximum Gasteiger partial charge on any atom is 0.254 e. The van der Waals surface area contributed by atoms with E-state index in [0.717, 1.165) is 25.9 Å². The fraction of sp³-hybridized carbons (Fsp3) is 0.450. The van der Waals surface area contributed by atoms with Gasteiger partial charge in [0, 0.05) is 38.9 Å². The molecule has 0 bridgehead atoms. The summed E-state index contributed by atoms with van der Waals surface area (Å²) in [7, 11) is 1.78. The number of para-hydroxylation sites is 1. The van der Waals surface area contributed by atoms with E-state index < -0.39 is 0 Å². The highest BCUT2D eigenvalue weighted by molar-refractivity contribution is 5.99. The summed E-state index contributed by atoms with van der Waals surface area (Å²) in [6.07, 6.45) is 5.52. The van der Waals surface area contributed by atoms with Gasteiger partial charge in [0.2, 0.25) is 5.91 Å². The fourth-order valence-corrected chi connectivity index (χ4v) is 4.08. The Labute approximate surface area is 163 Å². The molecule has 148 valence electrons. The first kappa shape index (κ1) is 18.6. The van der Waals surface area contributed by atoms with Crippen LogP contribution in [-0.2, 0) is 11.8 Å². The zero-order valence-corrected chi connectivity index (χ0v) is 15.8. The van der Waals surface area contributed by atoms with Crippen molar-refractivity contribution in [1.29, 1.82) is 0 Å². The van der Waals surface area contributed by atoms with Gasteiger partial charge in [-0.05, 0) is 31.4 Å². The molecule has 2 saturated heterocycles. The van der Waals surface area contributed by atoms with Crippen molar-refractivity contribution in [3.8, 4) is 0 Å². The van der Waals surface area contributed by atoms with Gasteiger partial charge in [-0.3, -0.25) is 19.2 Å². The first-order valence-corrected chi connectivity index (χ1v) is 9.62. The molecule has 2 fully saturated rings. The van der Waals surface area contributed by atoms with Crippen molar-refractivity contribution < 1.29 is 14.0 Å². The number of likely N-dealkylation sites (tertiary alicyclic amines) is 1. The number of aromatic nitrogens is 2. The van der Waals surface area contributed by atoms with Crippen LogP contribution < -0.4 is 10.2 Å². The Hall–Kier alpha value is -2.74. The Kier molecular flexibility index (Phi) is 5.13.